The predicted molar refractivity (Wildman–Crippen MR) is 111 cm³/mol. The molecule has 0 saturated heterocycles. The van der Waals surface area contributed by atoms with E-state index in [0.29, 0.717) is 32.2 Å². The second-order valence-electron chi connectivity index (χ2n) is 6.16. The molecule has 0 aliphatic rings. The molecule has 1 amide bonds. The number of anilines is 1. The fourth-order valence-corrected chi connectivity index (χ4v) is 3.80. The van der Waals surface area contributed by atoms with Crippen LogP contribution in [0.3, 0.4) is 0 Å². The quantitative estimate of drug-likeness (QED) is 0.537. The van der Waals surface area contributed by atoms with Gasteiger partial charge in [0.1, 0.15) is 15.9 Å². The SMILES string of the molecule is CCOC(=O)c1sc(NC(=O)CCc2nc(-c3ccc(Cl)cc3)no2)c(C#N)c1C. The molecular formula is C20H17ClN4O4S. The third-order valence-electron chi connectivity index (χ3n) is 4.11. The van der Waals surface area contributed by atoms with Crippen molar-refractivity contribution in [1.82, 2.24) is 10.1 Å². The smallest absolute Gasteiger partial charge is 0.348 e. The lowest BCUT2D eigenvalue weighted by atomic mass is 10.1. The van der Waals surface area contributed by atoms with Crippen LogP contribution in [0.1, 0.15) is 40.0 Å². The first kappa shape index (κ1) is 21.5. The Bertz CT molecular complexity index is 1120. The van der Waals surface area contributed by atoms with Crippen LogP contribution in [0, 0.1) is 18.3 Å². The molecule has 0 fully saturated rings. The van der Waals surface area contributed by atoms with Crippen LogP contribution in [0.4, 0.5) is 5.00 Å². The van der Waals surface area contributed by atoms with E-state index in [-0.39, 0.29) is 30.9 Å². The van der Waals surface area contributed by atoms with Crippen LogP contribution in [0.15, 0.2) is 28.8 Å². The fraction of sp³-hybridized carbons (Fsp3) is 0.250. The molecule has 8 nitrogen and oxygen atoms in total. The number of aromatic nitrogens is 2. The number of thiophene rings is 1. The van der Waals surface area contributed by atoms with Gasteiger partial charge in [0.15, 0.2) is 0 Å². The van der Waals surface area contributed by atoms with Crippen molar-refractivity contribution in [2.24, 2.45) is 0 Å². The lowest BCUT2D eigenvalue weighted by Crippen LogP contribution is -2.12. The van der Waals surface area contributed by atoms with Gasteiger partial charge in [0, 0.05) is 23.4 Å². The van der Waals surface area contributed by atoms with Crippen molar-refractivity contribution < 1.29 is 18.8 Å². The Labute approximate surface area is 181 Å². The number of nitrogens with one attached hydrogen (secondary N) is 1. The molecule has 0 radical (unpaired) electrons. The van der Waals surface area contributed by atoms with Crippen LogP contribution in [0.25, 0.3) is 11.4 Å². The fourth-order valence-electron chi connectivity index (χ4n) is 2.61. The van der Waals surface area contributed by atoms with Gasteiger partial charge < -0.3 is 14.6 Å². The van der Waals surface area contributed by atoms with Gasteiger partial charge in [-0.1, -0.05) is 16.8 Å². The molecule has 3 aromatic rings. The number of rotatable bonds is 7. The largest absolute Gasteiger partial charge is 0.462 e. The average molecular weight is 445 g/mol. The van der Waals surface area contributed by atoms with Crippen LogP contribution in [-0.2, 0) is 16.0 Å². The summed E-state index contributed by atoms with van der Waals surface area (Å²) in [5.41, 5.74) is 1.48. The molecule has 0 aliphatic carbocycles. The lowest BCUT2D eigenvalue weighted by molar-refractivity contribution is -0.116. The number of esters is 1. The second kappa shape index (κ2) is 9.52. The van der Waals surface area contributed by atoms with Crippen LogP contribution >= 0.6 is 22.9 Å². The summed E-state index contributed by atoms with van der Waals surface area (Å²) in [4.78, 5) is 28.9. The summed E-state index contributed by atoms with van der Waals surface area (Å²) in [6, 6.07) is 9.01. The molecule has 0 atom stereocenters. The summed E-state index contributed by atoms with van der Waals surface area (Å²) in [6.07, 6.45) is 0.294. The summed E-state index contributed by atoms with van der Waals surface area (Å²) in [5, 5.41) is 16.9. The number of aryl methyl sites for hydroxylation is 1. The van der Waals surface area contributed by atoms with E-state index in [1.807, 2.05) is 6.07 Å². The zero-order chi connectivity index (χ0) is 21.7. The first-order chi connectivity index (χ1) is 14.4. The van der Waals surface area contributed by atoms with E-state index in [9.17, 15) is 14.9 Å². The standard InChI is InChI=1S/C20H17ClN4O4S/c1-3-28-20(27)17-11(2)14(10-22)19(30-17)23-15(26)8-9-16-24-18(25-29-16)12-4-6-13(21)7-5-12/h4-7H,3,8-9H2,1-2H3,(H,23,26). The topological polar surface area (TPSA) is 118 Å². The van der Waals surface area contributed by atoms with Crippen molar-refractivity contribution >= 4 is 39.8 Å². The van der Waals surface area contributed by atoms with Crippen LogP contribution < -0.4 is 5.32 Å². The molecular weight excluding hydrogens is 428 g/mol. The van der Waals surface area contributed by atoms with Crippen molar-refractivity contribution in [2.75, 3.05) is 11.9 Å². The maximum atomic E-state index is 12.3. The van der Waals surface area contributed by atoms with Gasteiger partial charge in [0.2, 0.25) is 17.6 Å². The number of ether oxygens (including phenoxy) is 1. The highest BCUT2D eigenvalue weighted by Crippen LogP contribution is 2.33. The molecule has 10 heteroatoms. The monoisotopic (exact) mass is 444 g/mol. The van der Waals surface area contributed by atoms with E-state index in [0.717, 1.165) is 16.9 Å². The molecule has 30 heavy (non-hydrogen) atoms. The summed E-state index contributed by atoms with van der Waals surface area (Å²) in [6.45, 7) is 3.57. The van der Waals surface area contributed by atoms with Gasteiger partial charge in [-0.2, -0.15) is 10.2 Å². The molecule has 154 valence electrons. The summed E-state index contributed by atoms with van der Waals surface area (Å²) in [5.74, 6) is -0.140. The number of halogens is 1. The summed E-state index contributed by atoms with van der Waals surface area (Å²) >= 11 is 6.89. The van der Waals surface area contributed by atoms with Crippen molar-refractivity contribution in [3.8, 4) is 17.5 Å². The Hall–Kier alpha value is -3.22. The van der Waals surface area contributed by atoms with Crippen molar-refractivity contribution in [2.45, 2.75) is 26.7 Å². The van der Waals surface area contributed by atoms with Crippen LogP contribution in [0.5, 0.6) is 0 Å². The number of hydrogen-bond donors (Lipinski definition) is 1. The Kier molecular flexibility index (Phi) is 6.82. The van der Waals surface area contributed by atoms with Gasteiger partial charge in [-0.25, -0.2) is 4.79 Å². The van der Waals surface area contributed by atoms with Crippen molar-refractivity contribution in [3.63, 3.8) is 0 Å². The van der Waals surface area contributed by atoms with E-state index in [1.54, 1.807) is 38.1 Å². The average Bonchev–Trinajstić information content (AvgIpc) is 3.31. The predicted octanol–water partition coefficient (Wildman–Crippen LogP) is 4.38. The van der Waals surface area contributed by atoms with Crippen molar-refractivity contribution in [3.05, 3.63) is 51.2 Å². The normalized spacial score (nSPS) is 10.5. The second-order valence-corrected chi connectivity index (χ2v) is 7.62. The number of benzene rings is 1. The van der Waals surface area contributed by atoms with E-state index in [4.69, 9.17) is 20.9 Å². The van der Waals surface area contributed by atoms with Crippen LogP contribution in [0.2, 0.25) is 5.02 Å². The minimum absolute atomic E-state index is 0.0683. The number of carbonyl (C=O) groups is 2. The number of hydrogen-bond acceptors (Lipinski definition) is 8. The maximum absolute atomic E-state index is 12.3. The van der Waals surface area contributed by atoms with Gasteiger partial charge in [-0.3, -0.25) is 4.79 Å². The third-order valence-corrected chi connectivity index (χ3v) is 5.55. The molecule has 1 N–H and O–H groups in total. The zero-order valence-corrected chi connectivity index (χ0v) is 17.8. The number of amides is 1. The van der Waals surface area contributed by atoms with Crippen molar-refractivity contribution in [1.29, 1.82) is 5.26 Å². The Morgan fingerprint density at radius 1 is 1.33 bits per heavy atom. The van der Waals surface area contributed by atoms with Crippen LogP contribution in [-0.4, -0.2) is 28.6 Å². The molecule has 2 heterocycles. The zero-order valence-electron chi connectivity index (χ0n) is 16.2. The minimum atomic E-state index is -0.516. The van der Waals surface area contributed by atoms with E-state index in [1.165, 1.54) is 0 Å². The Morgan fingerprint density at radius 3 is 2.73 bits per heavy atom. The molecule has 0 aliphatic heterocycles. The van der Waals surface area contributed by atoms with E-state index in [2.05, 4.69) is 15.5 Å². The summed E-state index contributed by atoms with van der Waals surface area (Å²) in [7, 11) is 0. The summed E-state index contributed by atoms with van der Waals surface area (Å²) < 4.78 is 10.2. The van der Waals surface area contributed by atoms with Gasteiger partial charge >= 0.3 is 5.97 Å². The number of nitrogens with zero attached hydrogens (tertiary/aromatic N) is 3. The van der Waals surface area contributed by atoms with Gasteiger partial charge in [0.05, 0.1) is 12.2 Å². The third kappa shape index (κ3) is 4.84. The number of nitriles is 1. The highest BCUT2D eigenvalue weighted by atomic mass is 35.5. The van der Waals surface area contributed by atoms with Gasteiger partial charge in [-0.15, -0.1) is 11.3 Å². The maximum Gasteiger partial charge on any atom is 0.348 e. The first-order valence-corrected chi connectivity index (χ1v) is 10.2. The Balaban J connectivity index is 1.64. The van der Waals surface area contributed by atoms with E-state index < -0.39 is 5.97 Å². The molecule has 3 rings (SSSR count). The van der Waals surface area contributed by atoms with Gasteiger partial charge in [-0.05, 0) is 43.7 Å². The number of carbonyl (C=O) groups excluding carboxylic acids is 2. The first-order valence-electron chi connectivity index (χ1n) is 9.01. The lowest BCUT2D eigenvalue weighted by Gasteiger charge is -2.01. The molecule has 0 saturated carbocycles. The molecule has 0 unspecified atom stereocenters. The van der Waals surface area contributed by atoms with Gasteiger partial charge in [0.25, 0.3) is 0 Å². The molecule has 0 spiro atoms. The minimum Gasteiger partial charge on any atom is -0.462 e. The molecule has 0 bridgehead atoms. The highest BCUT2D eigenvalue weighted by molar-refractivity contribution is 7.18. The Morgan fingerprint density at radius 2 is 2.07 bits per heavy atom. The molecule has 1 aromatic carbocycles. The molecule has 2 aromatic heterocycles. The van der Waals surface area contributed by atoms with E-state index >= 15 is 0 Å². The highest BCUT2D eigenvalue weighted by Gasteiger charge is 2.22.